The summed E-state index contributed by atoms with van der Waals surface area (Å²) in [5.74, 6) is 1.17. The number of nitrogens with zero attached hydrogens (tertiary/aromatic N) is 1. The van der Waals surface area contributed by atoms with Crippen LogP contribution in [-0.4, -0.2) is 35.3 Å². The van der Waals surface area contributed by atoms with Gasteiger partial charge in [-0.2, -0.15) is 0 Å². The largest absolute Gasteiger partial charge is 0.497 e. The molecule has 2 heterocycles. The number of hydrogen-bond acceptors (Lipinski definition) is 5. The van der Waals surface area contributed by atoms with Crippen molar-refractivity contribution in [1.29, 1.82) is 0 Å². The molecule has 4 aromatic rings. The number of hydrogen-bond donors (Lipinski definition) is 2. The first-order chi connectivity index (χ1) is 16.9. The van der Waals surface area contributed by atoms with Gasteiger partial charge in [-0.3, -0.25) is 4.79 Å². The number of aromatic nitrogens is 2. The number of nitrogens with one attached hydrogen (secondary N) is 1. The van der Waals surface area contributed by atoms with E-state index in [-0.39, 0.29) is 6.42 Å². The fourth-order valence-corrected chi connectivity index (χ4v) is 5.17. The third-order valence-electron chi connectivity index (χ3n) is 6.23. The lowest BCUT2D eigenvalue weighted by Crippen LogP contribution is -2.05. The molecule has 0 aliphatic carbocycles. The Morgan fingerprint density at radius 1 is 1.03 bits per heavy atom. The Morgan fingerprint density at radius 3 is 2.17 bits per heavy atom. The zero-order chi connectivity index (χ0) is 24.9. The van der Waals surface area contributed by atoms with Gasteiger partial charge in [-0.25, -0.2) is 4.98 Å². The Kier molecular flexibility index (Phi) is 7.56. The number of methoxy groups -OCH3 is 2. The molecule has 2 N–H and O–H groups in total. The second-order valence-corrected chi connectivity index (χ2v) is 9.61. The molecule has 0 amide bonds. The van der Waals surface area contributed by atoms with Crippen molar-refractivity contribution in [2.24, 2.45) is 5.92 Å². The molecule has 0 aliphatic rings. The van der Waals surface area contributed by atoms with Crippen molar-refractivity contribution in [2.75, 3.05) is 14.2 Å². The predicted molar refractivity (Wildman–Crippen MR) is 140 cm³/mol. The highest BCUT2D eigenvalue weighted by molar-refractivity contribution is 7.19. The van der Waals surface area contributed by atoms with Crippen LogP contribution in [0.1, 0.15) is 31.4 Å². The van der Waals surface area contributed by atoms with Gasteiger partial charge in [-0.15, -0.1) is 11.3 Å². The summed E-state index contributed by atoms with van der Waals surface area (Å²) in [6, 6.07) is 15.8. The Balaban J connectivity index is 1.86. The smallest absolute Gasteiger partial charge is 0.307 e. The molecule has 0 saturated carbocycles. The number of aromatic amines is 1. The van der Waals surface area contributed by atoms with Crippen LogP contribution in [-0.2, 0) is 17.6 Å². The molecule has 4 rings (SSSR count). The lowest BCUT2D eigenvalue weighted by atomic mass is 9.95. The molecule has 1 atom stereocenters. The molecule has 0 saturated heterocycles. The first-order valence-corrected chi connectivity index (χ1v) is 12.5. The van der Waals surface area contributed by atoms with Crippen molar-refractivity contribution >= 4 is 17.3 Å². The monoisotopic (exact) mass is 490 g/mol. The van der Waals surface area contributed by atoms with Gasteiger partial charge in [0, 0.05) is 11.8 Å². The van der Waals surface area contributed by atoms with Crippen LogP contribution in [0.2, 0.25) is 0 Å². The quantitative estimate of drug-likeness (QED) is 0.258. The van der Waals surface area contributed by atoms with Gasteiger partial charge in [0.15, 0.2) is 0 Å². The van der Waals surface area contributed by atoms with E-state index in [1.165, 1.54) is 0 Å². The van der Waals surface area contributed by atoms with Crippen LogP contribution in [0.5, 0.6) is 11.5 Å². The third kappa shape index (κ3) is 5.41. The van der Waals surface area contributed by atoms with Crippen LogP contribution >= 0.6 is 11.3 Å². The summed E-state index contributed by atoms with van der Waals surface area (Å²) in [6.45, 7) is 4.34. The van der Waals surface area contributed by atoms with E-state index in [1.807, 2.05) is 54.7 Å². The summed E-state index contributed by atoms with van der Waals surface area (Å²) in [5, 5.41) is 10.3. The predicted octanol–water partition coefficient (Wildman–Crippen LogP) is 6.71. The van der Waals surface area contributed by atoms with Gasteiger partial charge in [-0.05, 0) is 77.6 Å². The number of aliphatic carboxylic acids is 1. The molecule has 6 nitrogen and oxygen atoms in total. The lowest BCUT2D eigenvalue weighted by Gasteiger charge is -2.10. The van der Waals surface area contributed by atoms with Crippen LogP contribution in [0.4, 0.5) is 0 Å². The molecule has 2 aromatic carbocycles. The van der Waals surface area contributed by atoms with Gasteiger partial charge in [0.2, 0.25) is 0 Å². The second-order valence-electron chi connectivity index (χ2n) is 8.61. The Bertz CT molecular complexity index is 1220. The summed E-state index contributed by atoms with van der Waals surface area (Å²) in [7, 11) is 3.30. The van der Waals surface area contributed by atoms with E-state index in [4.69, 9.17) is 14.5 Å². The van der Waals surface area contributed by atoms with E-state index in [1.54, 1.807) is 25.6 Å². The molecule has 7 heteroatoms. The normalized spacial score (nSPS) is 11.9. The van der Waals surface area contributed by atoms with Crippen molar-refractivity contribution < 1.29 is 19.4 Å². The van der Waals surface area contributed by atoms with Crippen molar-refractivity contribution in [3.63, 3.8) is 0 Å². The molecule has 0 spiro atoms. The molecular formula is C28H30N2O4S. The standard InChI is InChI=1S/C28H30N2O4S/c1-5-17(2)14-23-20(15-24(31)32)16-29-26(23)28-30-25(18-6-10-21(33-3)11-7-18)27(35-28)19-8-12-22(34-4)13-9-19/h6-13,16-17,29H,5,14-15H2,1-4H3,(H,31,32). The van der Waals surface area contributed by atoms with Crippen LogP contribution < -0.4 is 9.47 Å². The molecule has 182 valence electrons. The zero-order valence-corrected chi connectivity index (χ0v) is 21.2. The number of H-pyrrole nitrogens is 1. The highest BCUT2D eigenvalue weighted by Gasteiger charge is 2.22. The minimum atomic E-state index is -0.835. The molecule has 0 bridgehead atoms. The average Bonchev–Trinajstić information content (AvgIpc) is 3.48. The summed E-state index contributed by atoms with van der Waals surface area (Å²) < 4.78 is 10.7. The van der Waals surface area contributed by atoms with Gasteiger partial charge in [-0.1, -0.05) is 20.3 Å². The van der Waals surface area contributed by atoms with Gasteiger partial charge in [0.1, 0.15) is 16.5 Å². The zero-order valence-electron chi connectivity index (χ0n) is 20.4. The van der Waals surface area contributed by atoms with E-state index in [2.05, 4.69) is 18.8 Å². The van der Waals surface area contributed by atoms with Gasteiger partial charge in [0.25, 0.3) is 0 Å². The molecule has 0 fully saturated rings. The Morgan fingerprint density at radius 2 is 1.63 bits per heavy atom. The first-order valence-electron chi connectivity index (χ1n) is 11.6. The Labute approximate surface area is 209 Å². The highest BCUT2D eigenvalue weighted by Crippen LogP contribution is 2.42. The maximum absolute atomic E-state index is 11.5. The number of thiazole rings is 1. The van der Waals surface area contributed by atoms with Crippen LogP contribution in [0.15, 0.2) is 54.7 Å². The maximum atomic E-state index is 11.5. The van der Waals surface area contributed by atoms with E-state index < -0.39 is 5.97 Å². The number of rotatable bonds is 10. The van der Waals surface area contributed by atoms with Crippen LogP contribution in [0, 0.1) is 5.92 Å². The Hall–Kier alpha value is -3.58. The summed E-state index contributed by atoms with van der Waals surface area (Å²) in [4.78, 5) is 21.0. The number of benzene rings is 2. The van der Waals surface area contributed by atoms with Crippen LogP contribution in [0.3, 0.4) is 0 Å². The fourth-order valence-electron chi connectivity index (χ4n) is 4.04. The fraction of sp³-hybridized carbons (Fsp3) is 0.286. The minimum absolute atomic E-state index is 0.00961. The lowest BCUT2D eigenvalue weighted by molar-refractivity contribution is -0.136. The van der Waals surface area contributed by atoms with Crippen LogP contribution in [0.25, 0.3) is 32.4 Å². The highest BCUT2D eigenvalue weighted by atomic mass is 32.1. The van der Waals surface area contributed by atoms with E-state index in [0.717, 1.165) is 67.9 Å². The number of carbonyl (C=O) groups is 1. The third-order valence-corrected chi connectivity index (χ3v) is 7.35. The van der Waals surface area contributed by atoms with Crippen molar-refractivity contribution in [2.45, 2.75) is 33.1 Å². The number of carboxylic acid groups (broad SMARTS) is 1. The van der Waals surface area contributed by atoms with Crippen molar-refractivity contribution in [3.05, 3.63) is 65.9 Å². The first kappa shape index (κ1) is 24.5. The summed E-state index contributed by atoms with van der Waals surface area (Å²) in [5.41, 5.74) is 5.67. The molecular weight excluding hydrogens is 460 g/mol. The molecule has 2 aromatic heterocycles. The average molecular weight is 491 g/mol. The minimum Gasteiger partial charge on any atom is -0.497 e. The summed E-state index contributed by atoms with van der Waals surface area (Å²) in [6.07, 6.45) is 3.63. The van der Waals surface area contributed by atoms with Crippen molar-refractivity contribution in [1.82, 2.24) is 9.97 Å². The van der Waals surface area contributed by atoms with Gasteiger partial charge in [0.05, 0.1) is 36.9 Å². The molecule has 0 radical (unpaired) electrons. The molecule has 35 heavy (non-hydrogen) atoms. The topological polar surface area (TPSA) is 84.4 Å². The number of carboxylic acids is 1. The SMILES string of the molecule is CCC(C)Cc1c(CC(=O)O)c[nH]c1-c1nc(-c2ccc(OC)cc2)c(-c2ccc(OC)cc2)s1. The van der Waals surface area contributed by atoms with E-state index in [9.17, 15) is 9.90 Å². The second kappa shape index (κ2) is 10.8. The molecule has 0 aliphatic heterocycles. The van der Waals surface area contributed by atoms with E-state index in [0.29, 0.717) is 5.92 Å². The van der Waals surface area contributed by atoms with Crippen molar-refractivity contribution in [3.8, 4) is 43.9 Å². The molecule has 1 unspecified atom stereocenters. The van der Waals surface area contributed by atoms with Gasteiger partial charge < -0.3 is 19.6 Å². The summed E-state index contributed by atoms with van der Waals surface area (Å²) >= 11 is 1.60. The number of ether oxygens (including phenoxy) is 2. The maximum Gasteiger partial charge on any atom is 0.307 e. The van der Waals surface area contributed by atoms with Gasteiger partial charge >= 0.3 is 5.97 Å². The van der Waals surface area contributed by atoms with E-state index >= 15 is 0 Å².